The summed E-state index contributed by atoms with van der Waals surface area (Å²) in [6, 6.07) is 0. The number of allylic oxidation sites excluding steroid dienone is 2. The van der Waals surface area contributed by atoms with E-state index in [1.165, 1.54) is 7.11 Å². The molecule has 1 aromatic rings. The van der Waals surface area contributed by atoms with E-state index in [0.717, 1.165) is 17.6 Å². The van der Waals surface area contributed by atoms with E-state index in [2.05, 4.69) is 0 Å². The molecule has 6 nitrogen and oxygen atoms in total. The third-order valence-corrected chi connectivity index (χ3v) is 4.91. The van der Waals surface area contributed by atoms with E-state index in [-0.39, 0.29) is 23.8 Å². The molecule has 1 aromatic carbocycles. The molecule has 0 spiro atoms. The molecule has 0 aromatic heterocycles. The number of phenolic OH excluding ortho intramolecular Hbond substituents is 1. The first-order chi connectivity index (χ1) is 11.4. The predicted molar refractivity (Wildman–Crippen MR) is 85.3 cm³/mol. The van der Waals surface area contributed by atoms with Crippen LogP contribution in [0.15, 0.2) is 11.6 Å². The summed E-state index contributed by atoms with van der Waals surface area (Å²) in [7, 11) is 1.53. The van der Waals surface area contributed by atoms with Crippen LogP contribution in [0.25, 0.3) is 0 Å². The van der Waals surface area contributed by atoms with Crippen LogP contribution in [-0.2, 0) is 22.6 Å². The number of esters is 1. The van der Waals surface area contributed by atoms with Crippen molar-refractivity contribution in [1.82, 2.24) is 0 Å². The Hall–Kier alpha value is -2.50. The Labute approximate surface area is 139 Å². The first kappa shape index (κ1) is 16.4. The number of carbonyl (C=O) groups is 2. The fourth-order valence-electron chi connectivity index (χ4n) is 3.55. The molecule has 0 saturated heterocycles. The van der Waals surface area contributed by atoms with Gasteiger partial charge in [-0.2, -0.15) is 0 Å². The van der Waals surface area contributed by atoms with Crippen LogP contribution in [0, 0.1) is 12.8 Å². The lowest BCUT2D eigenvalue weighted by Gasteiger charge is -2.15. The zero-order valence-corrected chi connectivity index (χ0v) is 13.7. The molecule has 128 valence electrons. The van der Waals surface area contributed by atoms with E-state index < -0.39 is 11.9 Å². The smallest absolute Gasteiger partial charge is 0.342 e. The van der Waals surface area contributed by atoms with Gasteiger partial charge in [0.25, 0.3) is 0 Å². The van der Waals surface area contributed by atoms with Crippen LogP contribution >= 0.6 is 0 Å². The van der Waals surface area contributed by atoms with Crippen molar-refractivity contribution in [3.8, 4) is 11.5 Å². The number of phenols is 1. The molecule has 0 bridgehead atoms. The van der Waals surface area contributed by atoms with Crippen LogP contribution in [0.5, 0.6) is 11.5 Å². The molecule has 1 atom stereocenters. The molecule has 1 heterocycles. The van der Waals surface area contributed by atoms with Gasteiger partial charge in [-0.1, -0.05) is 11.6 Å². The molecule has 0 amide bonds. The number of carboxylic acids is 1. The zero-order chi connectivity index (χ0) is 17.4. The highest BCUT2D eigenvalue weighted by Gasteiger charge is 2.32. The minimum Gasteiger partial charge on any atom is -0.507 e. The van der Waals surface area contributed by atoms with Crippen molar-refractivity contribution in [3.63, 3.8) is 0 Å². The van der Waals surface area contributed by atoms with Gasteiger partial charge in [0.1, 0.15) is 23.7 Å². The lowest BCUT2D eigenvalue weighted by molar-refractivity contribution is -0.141. The molecule has 3 rings (SSSR count). The normalized spacial score (nSPS) is 21.0. The first-order valence-corrected chi connectivity index (χ1v) is 7.93. The molecule has 2 N–H and O–H groups in total. The SMILES string of the molecule is COc1c(C)c2c(c(O)c1C/C=C1\CCC(C(=O)O)C1)C(=O)OC2. The Morgan fingerprint density at radius 3 is 2.83 bits per heavy atom. The largest absolute Gasteiger partial charge is 0.507 e. The van der Waals surface area contributed by atoms with Crippen LogP contribution in [0.4, 0.5) is 0 Å². The maximum absolute atomic E-state index is 11.9. The summed E-state index contributed by atoms with van der Waals surface area (Å²) in [5.74, 6) is -1.17. The summed E-state index contributed by atoms with van der Waals surface area (Å²) < 4.78 is 10.5. The quantitative estimate of drug-likeness (QED) is 0.650. The van der Waals surface area contributed by atoms with E-state index in [9.17, 15) is 14.7 Å². The fraction of sp³-hybridized carbons (Fsp3) is 0.444. The third-order valence-electron chi connectivity index (χ3n) is 4.91. The number of hydrogen-bond donors (Lipinski definition) is 2. The summed E-state index contributed by atoms with van der Waals surface area (Å²) in [6.45, 7) is 1.98. The molecule has 1 aliphatic heterocycles. The number of hydrogen-bond acceptors (Lipinski definition) is 5. The maximum atomic E-state index is 11.9. The highest BCUT2D eigenvalue weighted by Crippen LogP contribution is 2.42. The van der Waals surface area contributed by atoms with E-state index in [0.29, 0.717) is 36.1 Å². The molecular formula is C18H20O6. The highest BCUT2D eigenvalue weighted by atomic mass is 16.5. The van der Waals surface area contributed by atoms with E-state index in [4.69, 9.17) is 14.6 Å². The van der Waals surface area contributed by atoms with Crippen molar-refractivity contribution in [2.45, 2.75) is 39.2 Å². The second-order valence-electron chi connectivity index (χ2n) is 6.26. The van der Waals surface area contributed by atoms with Crippen molar-refractivity contribution >= 4 is 11.9 Å². The topological polar surface area (TPSA) is 93.1 Å². The Kier molecular flexibility index (Phi) is 4.22. The molecular weight excluding hydrogens is 312 g/mol. The second kappa shape index (κ2) is 6.19. The Balaban J connectivity index is 1.94. The van der Waals surface area contributed by atoms with Crippen molar-refractivity contribution in [3.05, 3.63) is 33.9 Å². The number of aromatic hydroxyl groups is 1. The van der Waals surface area contributed by atoms with Crippen LogP contribution in [0.2, 0.25) is 0 Å². The number of aliphatic carboxylic acids is 1. The van der Waals surface area contributed by atoms with Crippen LogP contribution < -0.4 is 4.74 Å². The fourth-order valence-corrected chi connectivity index (χ4v) is 3.55. The van der Waals surface area contributed by atoms with Gasteiger partial charge in [0.15, 0.2) is 0 Å². The number of carbonyl (C=O) groups excluding carboxylic acids is 1. The number of cyclic esters (lactones) is 1. The second-order valence-corrected chi connectivity index (χ2v) is 6.26. The Morgan fingerprint density at radius 2 is 2.21 bits per heavy atom. The summed E-state index contributed by atoms with van der Waals surface area (Å²) in [6.07, 6.45) is 4.24. The average molecular weight is 332 g/mol. The van der Waals surface area contributed by atoms with Gasteiger partial charge in [-0.25, -0.2) is 4.79 Å². The number of benzene rings is 1. The molecule has 2 aliphatic rings. The molecule has 0 radical (unpaired) electrons. The van der Waals surface area contributed by atoms with Gasteiger partial charge in [-0.3, -0.25) is 4.79 Å². The number of ether oxygens (including phenoxy) is 2. The Bertz CT molecular complexity index is 747. The summed E-state index contributed by atoms with van der Waals surface area (Å²) >= 11 is 0. The molecule has 1 unspecified atom stereocenters. The van der Waals surface area contributed by atoms with Crippen molar-refractivity contribution in [1.29, 1.82) is 0 Å². The maximum Gasteiger partial charge on any atom is 0.342 e. The Morgan fingerprint density at radius 1 is 1.46 bits per heavy atom. The van der Waals surface area contributed by atoms with Gasteiger partial charge in [0, 0.05) is 11.1 Å². The van der Waals surface area contributed by atoms with E-state index >= 15 is 0 Å². The zero-order valence-electron chi connectivity index (χ0n) is 13.7. The number of rotatable bonds is 4. The molecule has 6 heteroatoms. The number of fused-ring (bicyclic) bond motifs is 1. The highest BCUT2D eigenvalue weighted by molar-refractivity contribution is 5.98. The van der Waals surface area contributed by atoms with Crippen molar-refractivity contribution in [2.75, 3.05) is 7.11 Å². The van der Waals surface area contributed by atoms with Crippen molar-refractivity contribution in [2.24, 2.45) is 5.92 Å². The van der Waals surface area contributed by atoms with Crippen LogP contribution in [-0.4, -0.2) is 29.3 Å². The summed E-state index contributed by atoms with van der Waals surface area (Å²) in [4.78, 5) is 22.9. The van der Waals surface area contributed by atoms with Gasteiger partial charge in [0.05, 0.1) is 13.0 Å². The van der Waals surface area contributed by atoms with Gasteiger partial charge in [-0.15, -0.1) is 0 Å². The van der Waals surface area contributed by atoms with E-state index in [1.54, 1.807) is 0 Å². The monoisotopic (exact) mass is 332 g/mol. The lowest BCUT2D eigenvalue weighted by atomic mass is 9.94. The van der Waals surface area contributed by atoms with Gasteiger partial charge >= 0.3 is 11.9 Å². The van der Waals surface area contributed by atoms with E-state index in [1.807, 2.05) is 13.0 Å². The van der Waals surface area contributed by atoms with Crippen LogP contribution in [0.1, 0.15) is 46.3 Å². The molecule has 1 aliphatic carbocycles. The van der Waals surface area contributed by atoms with Crippen molar-refractivity contribution < 1.29 is 29.3 Å². The van der Waals surface area contributed by atoms with Gasteiger partial charge in [-0.05, 0) is 38.2 Å². The average Bonchev–Trinajstić information content (AvgIpc) is 3.16. The van der Waals surface area contributed by atoms with Crippen LogP contribution in [0.3, 0.4) is 0 Å². The minimum absolute atomic E-state index is 0.0976. The minimum atomic E-state index is -0.769. The molecule has 24 heavy (non-hydrogen) atoms. The molecule has 1 saturated carbocycles. The summed E-state index contributed by atoms with van der Waals surface area (Å²) in [5, 5.41) is 19.6. The first-order valence-electron chi connectivity index (χ1n) is 7.93. The predicted octanol–water partition coefficient (Wildman–Crippen LogP) is 2.73. The summed E-state index contributed by atoms with van der Waals surface area (Å²) in [5.41, 5.74) is 3.27. The third kappa shape index (κ3) is 2.62. The number of carboxylic acid groups (broad SMARTS) is 1. The molecule has 1 fully saturated rings. The lowest BCUT2D eigenvalue weighted by Crippen LogP contribution is -2.08. The van der Waals surface area contributed by atoms with Gasteiger partial charge in [0.2, 0.25) is 0 Å². The standard InChI is InChI=1S/C18H20O6/c1-9-13-8-24-18(22)14(13)15(19)12(16(9)23-2)6-4-10-3-5-11(7-10)17(20)21/h4,11,19H,3,5-8H2,1-2H3,(H,20,21)/b10-4+. The van der Waals surface area contributed by atoms with Gasteiger partial charge < -0.3 is 19.7 Å². The number of methoxy groups -OCH3 is 1.